The minimum Gasteiger partial charge on any atom is -0.491 e. The van der Waals surface area contributed by atoms with Crippen LogP contribution in [-0.4, -0.2) is 67.6 Å². The molecular formula is C22H26N2O4. The smallest absolute Gasteiger partial charge is 0.253 e. The van der Waals surface area contributed by atoms with Gasteiger partial charge in [-0.15, -0.1) is 0 Å². The Balaban J connectivity index is 1.34. The van der Waals surface area contributed by atoms with E-state index in [1.54, 1.807) is 9.80 Å². The molecule has 0 N–H and O–H groups in total. The maximum Gasteiger partial charge on any atom is 0.253 e. The summed E-state index contributed by atoms with van der Waals surface area (Å²) in [7, 11) is 0. The molecule has 2 aromatic carbocycles. The summed E-state index contributed by atoms with van der Waals surface area (Å²) >= 11 is 0. The summed E-state index contributed by atoms with van der Waals surface area (Å²) in [5.41, 5.74) is 1.81. The molecule has 1 fully saturated rings. The molecule has 148 valence electrons. The lowest BCUT2D eigenvalue weighted by Crippen LogP contribution is -2.51. The zero-order valence-corrected chi connectivity index (χ0v) is 16.2. The fourth-order valence-corrected chi connectivity index (χ4v) is 3.02. The second-order valence-corrected chi connectivity index (χ2v) is 6.75. The molecule has 1 aliphatic rings. The fraction of sp³-hybridized carbons (Fsp3) is 0.364. The summed E-state index contributed by atoms with van der Waals surface area (Å²) in [5, 5.41) is 0. The van der Waals surface area contributed by atoms with E-state index in [-0.39, 0.29) is 18.4 Å². The van der Waals surface area contributed by atoms with Crippen molar-refractivity contribution < 1.29 is 19.1 Å². The highest BCUT2D eigenvalue weighted by atomic mass is 16.5. The van der Waals surface area contributed by atoms with Crippen LogP contribution in [0.25, 0.3) is 0 Å². The molecule has 28 heavy (non-hydrogen) atoms. The zero-order chi connectivity index (χ0) is 19.8. The van der Waals surface area contributed by atoms with Crippen molar-refractivity contribution in [1.82, 2.24) is 9.80 Å². The first kappa shape index (κ1) is 19.9. The van der Waals surface area contributed by atoms with Crippen LogP contribution in [0.15, 0.2) is 54.6 Å². The van der Waals surface area contributed by atoms with Crippen molar-refractivity contribution in [3.63, 3.8) is 0 Å². The number of ether oxygens (including phenoxy) is 2. The van der Waals surface area contributed by atoms with Gasteiger partial charge in [-0.2, -0.15) is 0 Å². The Labute approximate surface area is 165 Å². The molecule has 2 amide bonds. The summed E-state index contributed by atoms with van der Waals surface area (Å²) in [5.74, 6) is 0.746. The van der Waals surface area contributed by atoms with Gasteiger partial charge in [0.05, 0.1) is 6.61 Å². The first-order valence-corrected chi connectivity index (χ1v) is 9.53. The number of carbonyl (C=O) groups is 2. The van der Waals surface area contributed by atoms with Gasteiger partial charge in [0, 0.05) is 31.7 Å². The molecule has 3 rings (SSSR count). The van der Waals surface area contributed by atoms with Gasteiger partial charge in [0.15, 0.2) is 0 Å². The Kier molecular flexibility index (Phi) is 7.03. The van der Waals surface area contributed by atoms with Gasteiger partial charge in [-0.25, -0.2) is 0 Å². The largest absolute Gasteiger partial charge is 0.491 e. The molecular weight excluding hydrogens is 356 g/mol. The van der Waals surface area contributed by atoms with E-state index in [9.17, 15) is 9.59 Å². The first-order chi connectivity index (χ1) is 13.6. The molecule has 0 atom stereocenters. The molecule has 6 heteroatoms. The van der Waals surface area contributed by atoms with Crippen molar-refractivity contribution in [2.24, 2.45) is 0 Å². The Morgan fingerprint density at radius 2 is 1.50 bits per heavy atom. The van der Waals surface area contributed by atoms with E-state index < -0.39 is 0 Å². The predicted molar refractivity (Wildman–Crippen MR) is 106 cm³/mol. The van der Waals surface area contributed by atoms with E-state index in [1.807, 2.05) is 61.5 Å². The zero-order valence-electron chi connectivity index (χ0n) is 16.2. The predicted octanol–water partition coefficient (Wildman–Crippen LogP) is 2.38. The number of hydrogen-bond acceptors (Lipinski definition) is 4. The monoisotopic (exact) mass is 382 g/mol. The molecule has 2 aromatic rings. The average molecular weight is 382 g/mol. The molecule has 6 nitrogen and oxygen atoms in total. The van der Waals surface area contributed by atoms with E-state index in [2.05, 4.69) is 0 Å². The van der Waals surface area contributed by atoms with Gasteiger partial charge in [0.2, 0.25) is 5.91 Å². The quantitative estimate of drug-likeness (QED) is 0.690. The molecule has 0 bridgehead atoms. The third-order valence-electron chi connectivity index (χ3n) is 4.68. The van der Waals surface area contributed by atoms with Crippen LogP contribution in [0, 0.1) is 6.92 Å². The summed E-state index contributed by atoms with van der Waals surface area (Å²) in [4.78, 5) is 28.3. The van der Waals surface area contributed by atoms with Crippen LogP contribution >= 0.6 is 0 Å². The minimum absolute atomic E-state index is 0.0152. The molecule has 0 spiro atoms. The van der Waals surface area contributed by atoms with E-state index in [4.69, 9.17) is 9.47 Å². The van der Waals surface area contributed by atoms with Gasteiger partial charge in [-0.3, -0.25) is 9.59 Å². The Morgan fingerprint density at radius 3 is 2.18 bits per heavy atom. The molecule has 0 saturated carbocycles. The summed E-state index contributed by atoms with van der Waals surface area (Å²) in [6, 6.07) is 17.1. The first-order valence-electron chi connectivity index (χ1n) is 9.53. The molecule has 1 saturated heterocycles. The van der Waals surface area contributed by atoms with Gasteiger partial charge < -0.3 is 19.3 Å². The lowest BCUT2D eigenvalue weighted by atomic mass is 10.1. The second kappa shape index (κ2) is 9.90. The Bertz CT molecular complexity index is 769. The van der Waals surface area contributed by atoms with Crippen LogP contribution in [-0.2, 0) is 9.53 Å². The van der Waals surface area contributed by atoms with Crippen molar-refractivity contribution >= 4 is 11.8 Å². The van der Waals surface area contributed by atoms with Crippen LogP contribution in [0.1, 0.15) is 15.9 Å². The maximum absolute atomic E-state index is 12.5. The summed E-state index contributed by atoms with van der Waals surface area (Å²) < 4.78 is 11.0. The van der Waals surface area contributed by atoms with Crippen molar-refractivity contribution in [3.05, 3.63) is 65.7 Å². The van der Waals surface area contributed by atoms with Crippen molar-refractivity contribution in [2.45, 2.75) is 6.92 Å². The lowest BCUT2D eigenvalue weighted by Gasteiger charge is -2.34. The molecule has 0 unspecified atom stereocenters. The van der Waals surface area contributed by atoms with Gasteiger partial charge in [-0.05, 0) is 31.2 Å². The number of carbonyl (C=O) groups excluding carboxylic acids is 2. The second-order valence-electron chi connectivity index (χ2n) is 6.75. The lowest BCUT2D eigenvalue weighted by molar-refractivity contribution is -0.137. The Morgan fingerprint density at radius 1 is 0.857 bits per heavy atom. The van der Waals surface area contributed by atoms with Crippen LogP contribution in [0.3, 0.4) is 0 Å². The van der Waals surface area contributed by atoms with Crippen LogP contribution < -0.4 is 4.74 Å². The van der Waals surface area contributed by atoms with Crippen LogP contribution in [0.2, 0.25) is 0 Å². The van der Waals surface area contributed by atoms with Crippen molar-refractivity contribution in [1.29, 1.82) is 0 Å². The third kappa shape index (κ3) is 5.57. The van der Waals surface area contributed by atoms with Crippen LogP contribution in [0.4, 0.5) is 0 Å². The number of hydrogen-bond donors (Lipinski definition) is 0. The number of benzene rings is 2. The molecule has 0 radical (unpaired) electrons. The van der Waals surface area contributed by atoms with Gasteiger partial charge in [-0.1, -0.05) is 35.9 Å². The van der Waals surface area contributed by atoms with Gasteiger partial charge in [0.1, 0.15) is 19.0 Å². The van der Waals surface area contributed by atoms with Crippen molar-refractivity contribution in [3.8, 4) is 5.75 Å². The minimum atomic E-state index is -0.0536. The van der Waals surface area contributed by atoms with E-state index in [0.29, 0.717) is 45.0 Å². The molecule has 1 aliphatic heterocycles. The summed E-state index contributed by atoms with van der Waals surface area (Å²) in [6.45, 7) is 4.91. The topological polar surface area (TPSA) is 59.1 Å². The molecule has 0 aliphatic carbocycles. The van der Waals surface area contributed by atoms with E-state index in [1.165, 1.54) is 0 Å². The molecule has 1 heterocycles. The average Bonchev–Trinajstić information content (AvgIpc) is 2.74. The highest BCUT2D eigenvalue weighted by Crippen LogP contribution is 2.11. The summed E-state index contributed by atoms with van der Waals surface area (Å²) in [6.07, 6.45) is 0. The fourth-order valence-electron chi connectivity index (χ4n) is 3.02. The van der Waals surface area contributed by atoms with Crippen LogP contribution in [0.5, 0.6) is 5.75 Å². The number of nitrogens with zero attached hydrogens (tertiary/aromatic N) is 2. The standard InChI is InChI=1S/C22H26N2O4/c1-18-7-9-19(10-8-18)22(26)24-13-11-23(12-14-24)21(25)17-27-15-16-28-20-5-3-2-4-6-20/h2-10H,11-17H2,1H3. The number of amides is 2. The van der Waals surface area contributed by atoms with Gasteiger partial charge in [0.25, 0.3) is 5.91 Å². The van der Waals surface area contributed by atoms with E-state index in [0.717, 1.165) is 11.3 Å². The number of piperazine rings is 1. The molecule has 0 aromatic heterocycles. The maximum atomic E-state index is 12.5. The Hall–Kier alpha value is -2.86. The SMILES string of the molecule is Cc1ccc(C(=O)N2CCN(C(=O)COCCOc3ccccc3)CC2)cc1. The number of aryl methyl sites for hydroxylation is 1. The normalized spacial score (nSPS) is 14.0. The third-order valence-corrected chi connectivity index (χ3v) is 4.68. The van der Waals surface area contributed by atoms with Crippen molar-refractivity contribution in [2.75, 3.05) is 46.0 Å². The highest BCUT2D eigenvalue weighted by Gasteiger charge is 2.24. The van der Waals surface area contributed by atoms with E-state index >= 15 is 0 Å². The number of para-hydroxylation sites is 1. The number of rotatable bonds is 7. The van der Waals surface area contributed by atoms with Gasteiger partial charge >= 0.3 is 0 Å². The highest BCUT2D eigenvalue weighted by molar-refractivity contribution is 5.94.